The van der Waals surface area contributed by atoms with Gasteiger partial charge >= 0.3 is 5.69 Å². The molecule has 0 aromatic heterocycles. The Balaban J connectivity index is 2.44. The molecule has 0 heterocycles. The van der Waals surface area contributed by atoms with Crippen LogP contribution in [0.25, 0.3) is 0 Å². The number of carbonyl (C=O) groups is 1. The fourth-order valence-corrected chi connectivity index (χ4v) is 1.91. The maximum absolute atomic E-state index is 14.0. The summed E-state index contributed by atoms with van der Waals surface area (Å²) in [6.07, 6.45) is 0. The van der Waals surface area contributed by atoms with Gasteiger partial charge < -0.3 is 9.84 Å². The lowest BCUT2D eigenvalue weighted by Crippen LogP contribution is -2.05. The number of aromatic hydroxyl groups is 1. The molecule has 0 amide bonds. The summed E-state index contributed by atoms with van der Waals surface area (Å²) in [4.78, 5) is 21.4. The first-order valence-electron chi connectivity index (χ1n) is 6.29. The van der Waals surface area contributed by atoms with E-state index in [1.54, 1.807) is 30.3 Å². The van der Waals surface area contributed by atoms with Crippen LogP contribution in [0.5, 0.6) is 11.5 Å². The number of nitro groups is 1. The van der Waals surface area contributed by atoms with E-state index in [-0.39, 0.29) is 6.61 Å². The van der Waals surface area contributed by atoms with Gasteiger partial charge in [-0.25, -0.2) is 4.39 Å². The molecule has 0 saturated carbocycles. The summed E-state index contributed by atoms with van der Waals surface area (Å²) in [6, 6.07) is 9.38. The quantitative estimate of drug-likeness (QED) is 0.520. The van der Waals surface area contributed by atoms with E-state index in [1.807, 2.05) is 0 Å². The van der Waals surface area contributed by atoms with Gasteiger partial charge in [0.25, 0.3) is 0 Å². The highest BCUT2D eigenvalue weighted by Gasteiger charge is 2.30. The largest absolute Gasteiger partial charge is 0.501 e. The van der Waals surface area contributed by atoms with Crippen molar-refractivity contribution in [1.82, 2.24) is 0 Å². The molecule has 0 unspecified atom stereocenters. The predicted molar refractivity (Wildman–Crippen MR) is 75.5 cm³/mol. The molecule has 0 aliphatic carbocycles. The first kappa shape index (κ1) is 15.4. The number of nitro benzene ring substituents is 1. The number of nitrogens with zero attached hydrogens (tertiary/aromatic N) is 1. The molecule has 2 aromatic rings. The van der Waals surface area contributed by atoms with Crippen LogP contribution in [0, 0.1) is 15.9 Å². The standard InChI is InChI=1S/C15H12FNO5/c1-9(18)11-7-12(16)15(13(14(11)19)17(20)21)22-8-10-5-3-2-4-6-10/h2-7,19H,8H2,1H3. The molecular weight excluding hydrogens is 293 g/mol. The van der Waals surface area contributed by atoms with Crippen molar-refractivity contribution in [3.05, 3.63) is 63.5 Å². The zero-order valence-electron chi connectivity index (χ0n) is 11.6. The average Bonchev–Trinajstić information content (AvgIpc) is 2.47. The number of halogens is 1. The first-order valence-corrected chi connectivity index (χ1v) is 6.29. The minimum Gasteiger partial charge on any atom is -0.501 e. The monoisotopic (exact) mass is 305 g/mol. The first-order chi connectivity index (χ1) is 10.4. The number of hydrogen-bond donors (Lipinski definition) is 1. The Morgan fingerprint density at radius 3 is 2.55 bits per heavy atom. The van der Waals surface area contributed by atoms with E-state index in [0.717, 1.165) is 13.0 Å². The number of carbonyl (C=O) groups excluding carboxylic acids is 1. The van der Waals surface area contributed by atoms with Gasteiger partial charge in [-0.2, -0.15) is 0 Å². The molecule has 7 heteroatoms. The lowest BCUT2D eigenvalue weighted by Gasteiger charge is -2.10. The highest BCUT2D eigenvalue weighted by Crippen LogP contribution is 2.41. The van der Waals surface area contributed by atoms with Crippen LogP contribution in [-0.4, -0.2) is 15.8 Å². The fraction of sp³-hybridized carbons (Fsp3) is 0.133. The molecule has 0 atom stereocenters. The molecule has 2 aromatic carbocycles. The average molecular weight is 305 g/mol. The Hall–Kier alpha value is -2.96. The second-order valence-electron chi connectivity index (χ2n) is 4.52. The number of phenols is 1. The third-order valence-electron chi connectivity index (χ3n) is 2.97. The molecule has 6 nitrogen and oxygen atoms in total. The van der Waals surface area contributed by atoms with E-state index in [4.69, 9.17) is 4.74 Å². The summed E-state index contributed by atoms with van der Waals surface area (Å²) >= 11 is 0. The third-order valence-corrected chi connectivity index (χ3v) is 2.97. The Morgan fingerprint density at radius 2 is 2.00 bits per heavy atom. The SMILES string of the molecule is CC(=O)c1cc(F)c(OCc2ccccc2)c([N+](=O)[O-])c1O. The van der Waals surface area contributed by atoms with Crippen LogP contribution in [0.3, 0.4) is 0 Å². The van der Waals surface area contributed by atoms with Crippen molar-refractivity contribution in [2.45, 2.75) is 13.5 Å². The minimum atomic E-state index is -1.08. The number of ketones is 1. The molecule has 0 aliphatic rings. The van der Waals surface area contributed by atoms with Crippen LogP contribution >= 0.6 is 0 Å². The molecule has 22 heavy (non-hydrogen) atoms. The third kappa shape index (κ3) is 3.03. The normalized spacial score (nSPS) is 10.3. The molecule has 114 valence electrons. The van der Waals surface area contributed by atoms with E-state index < -0.39 is 39.3 Å². The lowest BCUT2D eigenvalue weighted by molar-refractivity contribution is -0.387. The van der Waals surface area contributed by atoms with Gasteiger partial charge in [0.2, 0.25) is 11.5 Å². The van der Waals surface area contributed by atoms with Gasteiger partial charge in [0, 0.05) is 0 Å². The summed E-state index contributed by atoms with van der Waals surface area (Å²) in [5, 5.41) is 20.9. The molecule has 0 saturated heterocycles. The molecule has 0 fully saturated rings. The minimum absolute atomic E-state index is 0.114. The Labute approximate surface area is 124 Å². The lowest BCUT2D eigenvalue weighted by atomic mass is 10.1. The van der Waals surface area contributed by atoms with E-state index in [2.05, 4.69) is 0 Å². The fourth-order valence-electron chi connectivity index (χ4n) is 1.91. The molecule has 2 rings (SSSR count). The van der Waals surface area contributed by atoms with Crippen LogP contribution in [0.1, 0.15) is 22.8 Å². The molecule has 0 spiro atoms. The number of benzene rings is 2. The summed E-state index contributed by atoms with van der Waals surface area (Å²) in [6.45, 7) is 0.959. The second-order valence-corrected chi connectivity index (χ2v) is 4.52. The second kappa shape index (κ2) is 6.21. The summed E-state index contributed by atoms with van der Waals surface area (Å²) < 4.78 is 19.2. The van der Waals surface area contributed by atoms with Crippen LogP contribution in [-0.2, 0) is 6.61 Å². The molecule has 1 N–H and O–H groups in total. The maximum Gasteiger partial charge on any atom is 0.356 e. The van der Waals surface area contributed by atoms with Crippen molar-refractivity contribution in [3.63, 3.8) is 0 Å². The van der Waals surface area contributed by atoms with Crippen molar-refractivity contribution < 1.29 is 24.0 Å². The summed E-state index contributed by atoms with van der Waals surface area (Å²) in [7, 11) is 0. The number of rotatable bonds is 5. The zero-order valence-corrected chi connectivity index (χ0v) is 11.6. The smallest absolute Gasteiger partial charge is 0.356 e. The Morgan fingerprint density at radius 1 is 1.36 bits per heavy atom. The Bertz CT molecular complexity index is 730. The van der Waals surface area contributed by atoms with Crippen LogP contribution in [0.2, 0.25) is 0 Å². The van der Waals surface area contributed by atoms with Crippen molar-refractivity contribution in [2.24, 2.45) is 0 Å². The van der Waals surface area contributed by atoms with Crippen molar-refractivity contribution in [2.75, 3.05) is 0 Å². The van der Waals surface area contributed by atoms with Crippen molar-refractivity contribution in [3.8, 4) is 11.5 Å². The van der Waals surface area contributed by atoms with Crippen molar-refractivity contribution in [1.29, 1.82) is 0 Å². The highest BCUT2D eigenvalue weighted by molar-refractivity contribution is 5.98. The van der Waals surface area contributed by atoms with Crippen LogP contribution in [0.15, 0.2) is 36.4 Å². The number of ether oxygens (including phenoxy) is 1. The molecule has 0 radical (unpaired) electrons. The maximum atomic E-state index is 14.0. The van der Waals surface area contributed by atoms with E-state index in [1.165, 1.54) is 0 Å². The van der Waals surface area contributed by atoms with Crippen molar-refractivity contribution >= 4 is 11.5 Å². The number of Topliss-reactive ketones (excluding diaryl/α,β-unsaturated/α-hetero) is 1. The van der Waals surface area contributed by atoms with E-state index in [9.17, 15) is 24.4 Å². The predicted octanol–water partition coefficient (Wildman–Crippen LogP) is 3.22. The molecular formula is C15H12FNO5. The van der Waals surface area contributed by atoms with Gasteiger partial charge in [-0.05, 0) is 18.6 Å². The highest BCUT2D eigenvalue weighted by atomic mass is 19.1. The number of hydrogen-bond acceptors (Lipinski definition) is 5. The molecule has 0 bridgehead atoms. The van der Waals surface area contributed by atoms with E-state index >= 15 is 0 Å². The topological polar surface area (TPSA) is 89.7 Å². The van der Waals surface area contributed by atoms with Crippen LogP contribution in [0.4, 0.5) is 10.1 Å². The Kier molecular flexibility index (Phi) is 4.36. The van der Waals surface area contributed by atoms with E-state index in [0.29, 0.717) is 5.56 Å². The van der Waals surface area contributed by atoms with Gasteiger partial charge in [-0.1, -0.05) is 30.3 Å². The summed E-state index contributed by atoms with van der Waals surface area (Å²) in [5.41, 5.74) is -0.747. The van der Waals surface area contributed by atoms with Gasteiger partial charge in [0.05, 0.1) is 10.5 Å². The number of phenolic OH excluding ortho intramolecular Hbond substituents is 1. The van der Waals surface area contributed by atoms with Gasteiger partial charge in [-0.15, -0.1) is 0 Å². The molecule has 0 aliphatic heterocycles. The summed E-state index contributed by atoms with van der Waals surface area (Å²) in [5.74, 6) is -3.36. The zero-order chi connectivity index (χ0) is 16.3. The van der Waals surface area contributed by atoms with Crippen LogP contribution < -0.4 is 4.74 Å². The van der Waals surface area contributed by atoms with Gasteiger partial charge in [-0.3, -0.25) is 14.9 Å². The van der Waals surface area contributed by atoms with Gasteiger partial charge in [0.15, 0.2) is 11.6 Å². The van der Waals surface area contributed by atoms with Gasteiger partial charge in [0.1, 0.15) is 6.61 Å².